The number of furan rings is 1. The predicted molar refractivity (Wildman–Crippen MR) is 117 cm³/mol. The van der Waals surface area contributed by atoms with E-state index < -0.39 is 10.8 Å². The molecule has 9 heteroatoms. The molecule has 32 heavy (non-hydrogen) atoms. The third kappa shape index (κ3) is 4.84. The Kier molecular flexibility index (Phi) is 5.98. The Hall–Kier alpha value is -4.40. The number of amides is 1. The van der Waals surface area contributed by atoms with Crippen LogP contribution in [0.1, 0.15) is 27.4 Å². The zero-order chi connectivity index (χ0) is 22.5. The van der Waals surface area contributed by atoms with E-state index in [4.69, 9.17) is 9.15 Å². The largest absolute Gasteiger partial charge is 0.479 e. The Labute approximate surface area is 183 Å². The number of aromatic nitrogens is 2. The van der Waals surface area contributed by atoms with Crippen molar-refractivity contribution in [1.82, 2.24) is 9.78 Å². The van der Waals surface area contributed by atoms with Crippen molar-refractivity contribution >= 4 is 17.3 Å². The number of carbonyl (C=O) groups excluding carboxylic acids is 1. The minimum Gasteiger partial charge on any atom is -0.479 e. The molecule has 0 spiro atoms. The number of aryl methyl sites for hydroxylation is 1. The predicted octanol–water partition coefficient (Wildman–Crippen LogP) is 4.57. The van der Waals surface area contributed by atoms with Crippen LogP contribution in [0.4, 0.5) is 11.4 Å². The Morgan fingerprint density at radius 2 is 1.94 bits per heavy atom. The number of hydrogen-bond donors (Lipinski definition) is 1. The Balaban J connectivity index is 1.36. The van der Waals surface area contributed by atoms with E-state index in [0.29, 0.717) is 18.0 Å². The Morgan fingerprint density at radius 1 is 1.16 bits per heavy atom. The molecule has 0 bridgehead atoms. The number of nitrogens with zero attached hydrogens (tertiary/aromatic N) is 3. The van der Waals surface area contributed by atoms with Crippen molar-refractivity contribution in [3.63, 3.8) is 0 Å². The summed E-state index contributed by atoms with van der Waals surface area (Å²) in [5.41, 5.74) is 2.71. The van der Waals surface area contributed by atoms with Crippen LogP contribution in [0.25, 0.3) is 0 Å². The van der Waals surface area contributed by atoms with Gasteiger partial charge in [-0.25, -0.2) is 0 Å². The number of para-hydroxylation sites is 2. The molecule has 0 fully saturated rings. The lowest BCUT2D eigenvalue weighted by molar-refractivity contribution is -0.386. The van der Waals surface area contributed by atoms with Gasteiger partial charge in [-0.05, 0) is 36.2 Å². The number of rotatable bonds is 8. The quantitative estimate of drug-likeness (QED) is 0.322. The third-order valence-corrected chi connectivity index (χ3v) is 4.80. The smallest absolute Gasteiger partial charge is 0.310 e. The van der Waals surface area contributed by atoms with Gasteiger partial charge in [-0.15, -0.1) is 0 Å². The SMILES string of the molecule is Cc1ccccc1Cn1cc(NC(=O)c2ccc(COc3ccccc3[N+](=O)[O-])o2)cn1. The summed E-state index contributed by atoms with van der Waals surface area (Å²) in [6.07, 6.45) is 3.31. The maximum atomic E-state index is 12.5. The number of ether oxygens (including phenoxy) is 1. The summed E-state index contributed by atoms with van der Waals surface area (Å²) in [7, 11) is 0. The molecule has 0 saturated heterocycles. The molecule has 1 amide bonds. The fourth-order valence-corrected chi connectivity index (χ4v) is 3.13. The molecule has 4 aromatic rings. The van der Waals surface area contributed by atoms with Crippen molar-refractivity contribution in [3.05, 3.63) is 106 Å². The molecule has 2 heterocycles. The highest BCUT2D eigenvalue weighted by Gasteiger charge is 2.16. The molecule has 0 aliphatic rings. The van der Waals surface area contributed by atoms with E-state index >= 15 is 0 Å². The van der Waals surface area contributed by atoms with E-state index in [0.717, 1.165) is 5.56 Å². The molecule has 9 nitrogen and oxygen atoms in total. The molecule has 0 aliphatic heterocycles. The van der Waals surface area contributed by atoms with Crippen molar-refractivity contribution in [1.29, 1.82) is 0 Å². The van der Waals surface area contributed by atoms with E-state index in [-0.39, 0.29) is 23.8 Å². The van der Waals surface area contributed by atoms with Crippen LogP contribution < -0.4 is 10.1 Å². The van der Waals surface area contributed by atoms with Gasteiger partial charge in [-0.1, -0.05) is 36.4 Å². The van der Waals surface area contributed by atoms with Gasteiger partial charge in [0.1, 0.15) is 12.4 Å². The number of nitrogens with one attached hydrogen (secondary N) is 1. The van der Waals surface area contributed by atoms with Crippen LogP contribution >= 0.6 is 0 Å². The summed E-state index contributed by atoms with van der Waals surface area (Å²) in [4.78, 5) is 23.0. The maximum Gasteiger partial charge on any atom is 0.310 e. The van der Waals surface area contributed by atoms with E-state index in [1.54, 1.807) is 35.3 Å². The fraction of sp³-hybridized carbons (Fsp3) is 0.130. The monoisotopic (exact) mass is 432 g/mol. The normalized spacial score (nSPS) is 10.7. The number of hydrogen-bond acceptors (Lipinski definition) is 6. The van der Waals surface area contributed by atoms with Crippen LogP contribution in [0.5, 0.6) is 5.75 Å². The van der Waals surface area contributed by atoms with E-state index in [2.05, 4.69) is 10.4 Å². The lowest BCUT2D eigenvalue weighted by Gasteiger charge is -2.05. The van der Waals surface area contributed by atoms with Gasteiger partial charge < -0.3 is 14.5 Å². The molecule has 2 aromatic carbocycles. The van der Waals surface area contributed by atoms with Gasteiger partial charge in [-0.3, -0.25) is 19.6 Å². The highest BCUT2D eigenvalue weighted by molar-refractivity contribution is 6.02. The summed E-state index contributed by atoms with van der Waals surface area (Å²) in [5.74, 6) is 0.153. The van der Waals surface area contributed by atoms with Crippen LogP contribution in [0, 0.1) is 17.0 Å². The second-order valence-electron chi connectivity index (χ2n) is 7.09. The average molecular weight is 432 g/mol. The summed E-state index contributed by atoms with van der Waals surface area (Å²) in [6, 6.07) is 17.2. The van der Waals surface area contributed by atoms with Crippen LogP contribution in [-0.4, -0.2) is 20.6 Å². The first kappa shape index (κ1) is 20.9. The molecule has 0 unspecified atom stereocenters. The first-order valence-electron chi connectivity index (χ1n) is 9.83. The van der Waals surface area contributed by atoms with Crippen molar-refractivity contribution in [2.45, 2.75) is 20.1 Å². The standard InChI is InChI=1S/C23H20N4O5/c1-16-6-2-3-7-17(16)13-26-14-18(12-24-26)25-23(28)22-11-10-19(32-22)15-31-21-9-5-4-8-20(21)27(29)30/h2-12,14H,13,15H2,1H3,(H,25,28). The molecular weight excluding hydrogens is 412 g/mol. The minimum atomic E-state index is -0.518. The average Bonchev–Trinajstić information content (AvgIpc) is 3.44. The molecule has 0 atom stereocenters. The zero-order valence-electron chi connectivity index (χ0n) is 17.2. The number of anilines is 1. The second-order valence-corrected chi connectivity index (χ2v) is 7.09. The van der Waals surface area contributed by atoms with Gasteiger partial charge >= 0.3 is 5.69 Å². The van der Waals surface area contributed by atoms with Crippen LogP contribution in [0.3, 0.4) is 0 Å². The fourth-order valence-electron chi connectivity index (χ4n) is 3.13. The summed E-state index contributed by atoms with van der Waals surface area (Å²) in [5, 5.41) is 18.1. The number of benzene rings is 2. The Morgan fingerprint density at radius 3 is 2.75 bits per heavy atom. The topological polar surface area (TPSA) is 112 Å². The number of nitro groups is 1. The first-order valence-corrected chi connectivity index (χ1v) is 9.83. The summed E-state index contributed by atoms with van der Waals surface area (Å²) in [6.45, 7) is 2.58. The van der Waals surface area contributed by atoms with Gasteiger partial charge in [0.2, 0.25) is 0 Å². The van der Waals surface area contributed by atoms with Crippen molar-refractivity contribution in [2.75, 3.05) is 5.32 Å². The van der Waals surface area contributed by atoms with Gasteiger partial charge in [0, 0.05) is 12.3 Å². The Bertz CT molecular complexity index is 1260. The molecule has 2 aromatic heterocycles. The lowest BCUT2D eigenvalue weighted by atomic mass is 10.1. The first-order chi connectivity index (χ1) is 15.5. The number of carbonyl (C=O) groups is 1. The van der Waals surface area contributed by atoms with Gasteiger partial charge in [0.15, 0.2) is 11.5 Å². The van der Waals surface area contributed by atoms with Crippen molar-refractivity contribution < 1.29 is 18.9 Å². The molecular formula is C23H20N4O5. The molecule has 0 saturated carbocycles. The molecule has 1 N–H and O–H groups in total. The molecule has 4 rings (SSSR count). The molecule has 162 valence electrons. The summed E-state index contributed by atoms with van der Waals surface area (Å²) < 4.78 is 12.8. The highest BCUT2D eigenvalue weighted by Crippen LogP contribution is 2.27. The molecule has 0 aliphatic carbocycles. The zero-order valence-corrected chi connectivity index (χ0v) is 17.2. The van der Waals surface area contributed by atoms with Crippen molar-refractivity contribution in [3.8, 4) is 5.75 Å². The van der Waals surface area contributed by atoms with Crippen LogP contribution in [-0.2, 0) is 13.2 Å². The van der Waals surface area contributed by atoms with Crippen molar-refractivity contribution in [2.24, 2.45) is 0 Å². The van der Waals surface area contributed by atoms with E-state index in [9.17, 15) is 14.9 Å². The third-order valence-electron chi connectivity index (χ3n) is 4.80. The van der Waals surface area contributed by atoms with Crippen LogP contribution in [0.15, 0.2) is 77.5 Å². The van der Waals surface area contributed by atoms with Gasteiger partial charge in [0.25, 0.3) is 5.91 Å². The number of nitro benzene ring substituents is 1. The minimum absolute atomic E-state index is 0.0491. The summed E-state index contributed by atoms with van der Waals surface area (Å²) >= 11 is 0. The second kappa shape index (κ2) is 9.17. The van der Waals surface area contributed by atoms with Crippen LogP contribution in [0.2, 0.25) is 0 Å². The molecule has 0 radical (unpaired) electrons. The van der Waals surface area contributed by atoms with Gasteiger partial charge in [-0.2, -0.15) is 5.10 Å². The lowest BCUT2D eigenvalue weighted by Crippen LogP contribution is -2.10. The van der Waals surface area contributed by atoms with E-state index in [1.807, 2.05) is 31.2 Å². The highest BCUT2D eigenvalue weighted by atomic mass is 16.6. The van der Waals surface area contributed by atoms with Gasteiger partial charge in [0.05, 0.1) is 23.4 Å². The maximum absolute atomic E-state index is 12.5. The van der Waals surface area contributed by atoms with E-state index in [1.165, 1.54) is 23.8 Å².